The van der Waals surface area contributed by atoms with Crippen LogP contribution in [0.3, 0.4) is 0 Å². The highest BCUT2D eigenvalue weighted by Crippen LogP contribution is 2.37. The number of nitrogens with two attached hydrogens (primary N) is 1. The molecular weight excluding hydrogens is 496 g/mol. The number of nitrogens with zero attached hydrogens (tertiary/aromatic N) is 6. The number of nitrogen functional groups attached to an aromatic ring is 1. The average molecular weight is 533 g/mol. The third-order valence-corrected chi connectivity index (χ3v) is 6.46. The van der Waals surface area contributed by atoms with Crippen molar-refractivity contribution < 1.29 is 14.3 Å². The normalized spacial score (nSPS) is 11.1. The number of benzene rings is 2. The number of rotatable bonds is 10. The molecule has 0 amide bonds. The molecule has 2 aromatic heterocycles. The summed E-state index contributed by atoms with van der Waals surface area (Å²) in [7, 11) is 12.9. The van der Waals surface area contributed by atoms with Crippen molar-refractivity contribution in [2.24, 2.45) is 0 Å². The summed E-state index contributed by atoms with van der Waals surface area (Å²) in [4.78, 5) is 26.1. The molecule has 206 valence electrons. The number of para-hydroxylation sites is 1. The van der Waals surface area contributed by atoms with E-state index in [-0.39, 0.29) is 11.5 Å². The molecule has 0 aliphatic heterocycles. The predicted octanol–water partition coefficient (Wildman–Crippen LogP) is 3.41. The maximum Gasteiger partial charge on any atom is 0.341 e. The first-order valence-electron chi connectivity index (χ1n) is 12.5. The van der Waals surface area contributed by atoms with Crippen LogP contribution in [0.5, 0.6) is 5.75 Å². The molecule has 0 bridgehead atoms. The van der Waals surface area contributed by atoms with E-state index in [0.717, 1.165) is 35.2 Å². The number of methoxy groups -OCH3 is 2. The quantitative estimate of drug-likeness (QED) is 0.233. The topological polar surface area (TPSA) is 114 Å². The van der Waals surface area contributed by atoms with Crippen LogP contribution < -0.4 is 25.7 Å². The molecule has 0 aliphatic rings. The molecule has 0 unspecified atom stereocenters. The Morgan fingerprint density at radius 3 is 2.49 bits per heavy atom. The van der Waals surface area contributed by atoms with Crippen LogP contribution in [0.15, 0.2) is 48.8 Å². The van der Waals surface area contributed by atoms with Gasteiger partial charge in [-0.2, -0.15) is 0 Å². The summed E-state index contributed by atoms with van der Waals surface area (Å²) in [6.45, 7) is 1.68. The Morgan fingerprint density at radius 1 is 1.08 bits per heavy atom. The fourth-order valence-electron chi connectivity index (χ4n) is 4.36. The molecule has 0 fully saturated rings. The highest BCUT2D eigenvalue weighted by molar-refractivity contribution is 6.03. The molecule has 0 spiro atoms. The summed E-state index contributed by atoms with van der Waals surface area (Å²) < 4.78 is 12.7. The van der Waals surface area contributed by atoms with Crippen LogP contribution in [-0.4, -0.2) is 88.1 Å². The van der Waals surface area contributed by atoms with Crippen LogP contribution >= 0.6 is 0 Å². The fraction of sp³-hybridized carbons (Fsp3) is 0.321. The molecular formula is C28H36N8O3. The highest BCUT2D eigenvalue weighted by atomic mass is 16.5. The number of fused-ring (bicyclic) bond motifs is 1. The first kappa shape index (κ1) is 27.5. The zero-order chi connectivity index (χ0) is 28.3. The van der Waals surface area contributed by atoms with Crippen molar-refractivity contribution >= 4 is 39.9 Å². The third kappa shape index (κ3) is 5.68. The first-order chi connectivity index (χ1) is 18.6. The number of carbonyl (C=O) groups excluding carboxylic acids is 1. The highest BCUT2D eigenvalue weighted by Gasteiger charge is 2.22. The van der Waals surface area contributed by atoms with Gasteiger partial charge in [0.2, 0.25) is 5.95 Å². The summed E-state index contributed by atoms with van der Waals surface area (Å²) in [5.41, 5.74) is 10.9. The van der Waals surface area contributed by atoms with Gasteiger partial charge in [-0.3, -0.25) is 4.68 Å². The van der Waals surface area contributed by atoms with Crippen molar-refractivity contribution in [3.8, 4) is 17.0 Å². The second kappa shape index (κ2) is 11.5. The second-order valence-electron chi connectivity index (χ2n) is 9.66. The van der Waals surface area contributed by atoms with E-state index in [1.807, 2.05) is 81.5 Å². The largest absolute Gasteiger partial charge is 0.494 e. The van der Waals surface area contributed by atoms with Gasteiger partial charge in [-0.15, -0.1) is 0 Å². The van der Waals surface area contributed by atoms with Crippen LogP contribution in [0.4, 0.5) is 23.0 Å². The molecule has 4 rings (SSSR count). The van der Waals surface area contributed by atoms with Gasteiger partial charge in [0.15, 0.2) is 0 Å². The predicted molar refractivity (Wildman–Crippen MR) is 157 cm³/mol. The molecule has 4 aromatic rings. The molecule has 11 heteroatoms. The molecule has 3 N–H and O–H groups in total. The second-order valence-corrected chi connectivity index (χ2v) is 9.66. The average Bonchev–Trinajstić information content (AvgIpc) is 3.31. The number of ether oxygens (including phenoxy) is 2. The van der Waals surface area contributed by atoms with Crippen molar-refractivity contribution in [3.63, 3.8) is 0 Å². The van der Waals surface area contributed by atoms with Crippen LogP contribution in [-0.2, 0) is 4.74 Å². The molecule has 0 saturated carbocycles. The Bertz CT molecular complexity index is 1480. The summed E-state index contributed by atoms with van der Waals surface area (Å²) in [5.74, 6) is 0.346. The monoisotopic (exact) mass is 532 g/mol. The zero-order valence-corrected chi connectivity index (χ0v) is 23.5. The number of carbonyl (C=O) groups is 1. The number of hydrogen-bond acceptors (Lipinski definition) is 10. The Kier molecular flexibility index (Phi) is 8.10. The van der Waals surface area contributed by atoms with E-state index in [2.05, 4.69) is 20.1 Å². The lowest BCUT2D eigenvalue weighted by atomic mass is 10.1. The summed E-state index contributed by atoms with van der Waals surface area (Å²) in [6.07, 6.45) is 3.41. The fourth-order valence-corrected chi connectivity index (χ4v) is 4.36. The lowest BCUT2D eigenvalue weighted by molar-refractivity contribution is 0.0601. The van der Waals surface area contributed by atoms with Crippen molar-refractivity contribution in [1.82, 2.24) is 19.5 Å². The minimum absolute atomic E-state index is 0.258. The molecule has 0 atom stereocenters. The van der Waals surface area contributed by atoms with Crippen molar-refractivity contribution in [2.45, 2.75) is 0 Å². The Hall–Kier alpha value is -4.51. The molecule has 2 aromatic carbocycles. The maximum atomic E-state index is 12.7. The Morgan fingerprint density at radius 2 is 1.82 bits per heavy atom. The summed E-state index contributed by atoms with van der Waals surface area (Å²) in [6, 6.07) is 11.6. The zero-order valence-electron chi connectivity index (χ0n) is 23.5. The van der Waals surface area contributed by atoms with E-state index in [1.54, 1.807) is 13.2 Å². The van der Waals surface area contributed by atoms with Crippen LogP contribution in [0.1, 0.15) is 10.4 Å². The number of aromatic nitrogens is 3. The van der Waals surface area contributed by atoms with Gasteiger partial charge in [0, 0.05) is 63.6 Å². The van der Waals surface area contributed by atoms with Gasteiger partial charge < -0.3 is 35.3 Å². The van der Waals surface area contributed by atoms with Gasteiger partial charge in [0.1, 0.15) is 11.3 Å². The van der Waals surface area contributed by atoms with Gasteiger partial charge in [0.05, 0.1) is 42.5 Å². The maximum absolute atomic E-state index is 12.7. The summed E-state index contributed by atoms with van der Waals surface area (Å²) in [5, 5.41) is 6.12. The van der Waals surface area contributed by atoms with Gasteiger partial charge in [-0.05, 0) is 26.2 Å². The van der Waals surface area contributed by atoms with E-state index in [1.165, 1.54) is 13.3 Å². The van der Waals surface area contributed by atoms with Gasteiger partial charge in [-0.1, -0.05) is 18.2 Å². The number of esters is 1. The van der Waals surface area contributed by atoms with E-state index < -0.39 is 5.97 Å². The molecule has 0 aliphatic carbocycles. The van der Waals surface area contributed by atoms with Crippen LogP contribution in [0, 0.1) is 0 Å². The minimum Gasteiger partial charge on any atom is -0.494 e. The smallest absolute Gasteiger partial charge is 0.341 e. The van der Waals surface area contributed by atoms with Crippen molar-refractivity contribution in [1.29, 1.82) is 0 Å². The number of nitrogens with one attached hydrogen (secondary N) is 1. The lowest BCUT2D eigenvalue weighted by Gasteiger charge is -2.24. The molecule has 0 radical (unpaired) electrons. The number of anilines is 4. The van der Waals surface area contributed by atoms with Crippen molar-refractivity contribution in [2.75, 3.05) is 83.5 Å². The number of likely N-dealkylation sites (N-methyl/N-ethyl adjacent to an activating group) is 2. The van der Waals surface area contributed by atoms with Gasteiger partial charge in [0.25, 0.3) is 0 Å². The molecule has 2 heterocycles. The standard InChI is InChI=1S/C28H36N8O3/c1-33(2)12-13-35(5)24-15-25(38-6)22(14-21(24)29)31-28-30-16-19(27(37)39-7)26(32-28)20-17-36(34(3)4)23-11-9-8-10-18(20)23/h8-11,14-17H,12-13,29H2,1-7H3,(H,30,31,32). The Balaban J connectivity index is 1.78. The molecule has 0 saturated heterocycles. The van der Waals surface area contributed by atoms with Crippen LogP contribution in [0.25, 0.3) is 22.2 Å². The molecule has 11 nitrogen and oxygen atoms in total. The SMILES string of the molecule is COC(=O)c1cnc(Nc2cc(N)c(N(C)CCN(C)C)cc2OC)nc1-c1cn(N(C)C)c2ccccc12. The van der Waals surface area contributed by atoms with Crippen molar-refractivity contribution in [3.05, 3.63) is 54.4 Å². The van der Waals surface area contributed by atoms with Gasteiger partial charge in [-0.25, -0.2) is 14.8 Å². The third-order valence-electron chi connectivity index (χ3n) is 6.46. The van der Waals surface area contributed by atoms with E-state index >= 15 is 0 Å². The minimum atomic E-state index is -0.523. The van der Waals surface area contributed by atoms with Gasteiger partial charge >= 0.3 is 5.97 Å². The van der Waals surface area contributed by atoms with E-state index in [9.17, 15) is 4.79 Å². The summed E-state index contributed by atoms with van der Waals surface area (Å²) >= 11 is 0. The van der Waals surface area contributed by atoms with Crippen LogP contribution in [0.2, 0.25) is 0 Å². The number of hydrogen-bond donors (Lipinski definition) is 2. The van der Waals surface area contributed by atoms with E-state index in [4.69, 9.17) is 20.2 Å². The lowest BCUT2D eigenvalue weighted by Crippen LogP contribution is -2.29. The Labute approximate surface area is 228 Å². The molecule has 39 heavy (non-hydrogen) atoms. The van der Waals surface area contributed by atoms with E-state index in [0.29, 0.717) is 22.8 Å². The first-order valence-corrected chi connectivity index (χ1v) is 12.5.